The van der Waals surface area contributed by atoms with Gasteiger partial charge in [0, 0.05) is 0 Å². The van der Waals surface area contributed by atoms with Crippen LogP contribution in [-0.4, -0.2) is 23.6 Å². The van der Waals surface area contributed by atoms with Crippen molar-refractivity contribution in [1.29, 1.82) is 0 Å². The van der Waals surface area contributed by atoms with E-state index in [2.05, 4.69) is 22.4 Å². The highest BCUT2D eigenvalue weighted by Gasteiger charge is 2.32. The first-order valence-electron chi connectivity index (χ1n) is 1.95. The van der Waals surface area contributed by atoms with Gasteiger partial charge < -0.3 is 5.11 Å². The van der Waals surface area contributed by atoms with Crippen molar-refractivity contribution >= 4 is 12.7 Å². The van der Waals surface area contributed by atoms with E-state index in [9.17, 15) is 4.79 Å². The van der Waals surface area contributed by atoms with E-state index in [1.165, 1.54) is 0 Å². The molecule has 0 bridgehead atoms. The molecule has 0 heterocycles. The maximum absolute atomic E-state index is 10.0. The Morgan fingerprint density at radius 3 is 2.33 bits per heavy atom. The monoisotopic (exact) mass is 133 g/mol. The molecule has 0 rings (SSSR count). The van der Waals surface area contributed by atoms with Crippen LogP contribution in [0.4, 0.5) is 0 Å². The average Bonchev–Trinajstić information content (AvgIpc) is 1.86. The average molecular weight is 133 g/mol. The first-order valence-corrected chi connectivity index (χ1v) is 1.95. The molecule has 0 aromatic carbocycles. The highest BCUT2D eigenvalue weighted by Crippen LogP contribution is 1.98. The smallest absolute Gasteiger partial charge is 0.377 e. The van der Waals surface area contributed by atoms with Gasteiger partial charge in [0.1, 0.15) is 0 Å². The van der Waals surface area contributed by atoms with E-state index < -0.39 is 11.8 Å². The standard InChI is InChI=1S/C3H7N3O3/c1-6-3(4,9-5)2(7)8/h1,4-5H2,(H,7,8). The fourth-order valence-corrected chi connectivity index (χ4v) is 0.155. The molecule has 0 radical (unpaired) electrons. The third-order valence-corrected chi connectivity index (χ3v) is 0.721. The summed E-state index contributed by atoms with van der Waals surface area (Å²) >= 11 is 0. The Morgan fingerprint density at radius 2 is 2.33 bits per heavy atom. The van der Waals surface area contributed by atoms with Crippen molar-refractivity contribution in [2.75, 3.05) is 0 Å². The molecule has 6 nitrogen and oxygen atoms in total. The molecule has 9 heavy (non-hydrogen) atoms. The molecular formula is C3H7N3O3. The van der Waals surface area contributed by atoms with Crippen LogP contribution in [0.5, 0.6) is 0 Å². The van der Waals surface area contributed by atoms with Crippen molar-refractivity contribution < 1.29 is 14.7 Å². The zero-order chi connectivity index (χ0) is 7.49. The van der Waals surface area contributed by atoms with Gasteiger partial charge in [0.2, 0.25) is 0 Å². The molecular weight excluding hydrogens is 126 g/mol. The minimum absolute atomic E-state index is 1.49. The summed E-state index contributed by atoms with van der Waals surface area (Å²) in [6, 6.07) is 0. The number of hydrogen-bond acceptors (Lipinski definition) is 5. The summed E-state index contributed by atoms with van der Waals surface area (Å²) in [7, 11) is 0. The first-order chi connectivity index (χ1) is 4.06. The molecule has 0 saturated carbocycles. The van der Waals surface area contributed by atoms with Crippen LogP contribution >= 0.6 is 0 Å². The van der Waals surface area contributed by atoms with Gasteiger partial charge in [0.05, 0.1) is 0 Å². The van der Waals surface area contributed by atoms with Gasteiger partial charge >= 0.3 is 11.8 Å². The molecule has 0 aliphatic rings. The molecule has 0 aliphatic carbocycles. The number of nitrogens with zero attached hydrogens (tertiary/aromatic N) is 1. The molecule has 52 valence electrons. The van der Waals surface area contributed by atoms with Crippen LogP contribution < -0.4 is 11.6 Å². The summed E-state index contributed by atoms with van der Waals surface area (Å²) < 4.78 is 0. The van der Waals surface area contributed by atoms with Gasteiger partial charge in [-0.05, 0) is 6.72 Å². The molecule has 0 aromatic heterocycles. The summed E-state index contributed by atoms with van der Waals surface area (Å²) in [4.78, 5) is 16.7. The fourth-order valence-electron chi connectivity index (χ4n) is 0.155. The van der Waals surface area contributed by atoms with E-state index in [1.54, 1.807) is 0 Å². The number of nitrogens with two attached hydrogens (primary N) is 2. The highest BCUT2D eigenvalue weighted by atomic mass is 16.7. The lowest BCUT2D eigenvalue weighted by Gasteiger charge is -2.14. The summed E-state index contributed by atoms with van der Waals surface area (Å²) in [6.45, 7) is 2.86. The van der Waals surface area contributed by atoms with Crippen molar-refractivity contribution in [3.63, 3.8) is 0 Å². The summed E-state index contributed by atoms with van der Waals surface area (Å²) in [5.74, 6) is 0.784. The van der Waals surface area contributed by atoms with E-state index in [-0.39, 0.29) is 0 Å². The molecule has 6 heteroatoms. The SMILES string of the molecule is C=NC(N)(ON)C(=O)O. The number of carbonyl (C=O) groups is 1. The number of carboxylic acids is 1. The van der Waals surface area contributed by atoms with E-state index in [0.29, 0.717) is 0 Å². The van der Waals surface area contributed by atoms with Crippen LogP contribution in [0.2, 0.25) is 0 Å². The summed E-state index contributed by atoms with van der Waals surface area (Å²) in [5, 5.41) is 8.17. The maximum Gasteiger partial charge on any atom is 0.377 e. The molecule has 0 fully saturated rings. The normalized spacial score (nSPS) is 16.2. The van der Waals surface area contributed by atoms with Crippen molar-refractivity contribution in [3.05, 3.63) is 0 Å². The zero-order valence-electron chi connectivity index (χ0n) is 4.57. The van der Waals surface area contributed by atoms with Crippen molar-refractivity contribution in [2.24, 2.45) is 16.6 Å². The molecule has 0 aliphatic heterocycles. The van der Waals surface area contributed by atoms with Crippen molar-refractivity contribution in [3.8, 4) is 0 Å². The molecule has 0 spiro atoms. The number of carboxylic acid groups (broad SMARTS) is 1. The highest BCUT2D eigenvalue weighted by molar-refractivity contribution is 5.76. The second-order valence-electron chi connectivity index (χ2n) is 1.28. The van der Waals surface area contributed by atoms with Gasteiger partial charge in [0.15, 0.2) is 0 Å². The minimum atomic E-state index is -2.21. The van der Waals surface area contributed by atoms with Crippen LogP contribution in [0, 0.1) is 0 Å². The Hall–Kier alpha value is -0.980. The second-order valence-corrected chi connectivity index (χ2v) is 1.28. The lowest BCUT2D eigenvalue weighted by Crippen LogP contribution is -2.50. The van der Waals surface area contributed by atoms with Crippen LogP contribution in [0.25, 0.3) is 0 Å². The van der Waals surface area contributed by atoms with Gasteiger partial charge in [-0.1, -0.05) is 0 Å². The molecule has 1 unspecified atom stereocenters. The minimum Gasteiger partial charge on any atom is -0.476 e. The first kappa shape index (κ1) is 8.02. The van der Waals surface area contributed by atoms with Crippen molar-refractivity contribution in [1.82, 2.24) is 0 Å². The van der Waals surface area contributed by atoms with Gasteiger partial charge in [-0.15, -0.1) is 0 Å². The number of aliphatic carboxylic acids is 1. The predicted molar refractivity (Wildman–Crippen MR) is 29.4 cm³/mol. The van der Waals surface area contributed by atoms with Crippen LogP contribution in [-0.2, 0) is 9.63 Å². The van der Waals surface area contributed by atoms with Gasteiger partial charge in [-0.2, -0.15) is 0 Å². The molecule has 0 amide bonds. The van der Waals surface area contributed by atoms with E-state index in [4.69, 9.17) is 10.8 Å². The predicted octanol–water partition coefficient (Wildman–Crippen LogP) is -1.73. The Balaban J connectivity index is 4.27. The number of aliphatic imine (C=N–C) groups is 1. The third-order valence-electron chi connectivity index (χ3n) is 0.721. The fraction of sp³-hybridized carbons (Fsp3) is 0.333. The van der Waals surface area contributed by atoms with Crippen LogP contribution in [0.3, 0.4) is 0 Å². The van der Waals surface area contributed by atoms with Gasteiger partial charge in [-0.3, -0.25) is 5.73 Å². The summed E-state index contributed by atoms with van der Waals surface area (Å²) in [6.07, 6.45) is 0. The summed E-state index contributed by atoms with van der Waals surface area (Å²) in [5.41, 5.74) is 4.86. The van der Waals surface area contributed by atoms with Gasteiger partial charge in [-0.25, -0.2) is 20.5 Å². The third kappa shape index (κ3) is 1.46. The number of rotatable bonds is 3. The Labute approximate surface area is 51.1 Å². The van der Waals surface area contributed by atoms with Gasteiger partial charge in [0.25, 0.3) is 0 Å². The number of hydrogen-bond donors (Lipinski definition) is 3. The quantitative estimate of drug-likeness (QED) is 0.241. The van der Waals surface area contributed by atoms with Crippen LogP contribution in [0.15, 0.2) is 4.99 Å². The maximum atomic E-state index is 10.0. The van der Waals surface area contributed by atoms with Crippen molar-refractivity contribution in [2.45, 2.75) is 5.85 Å². The Bertz CT molecular complexity index is 136. The van der Waals surface area contributed by atoms with E-state index >= 15 is 0 Å². The van der Waals surface area contributed by atoms with E-state index in [1.807, 2.05) is 0 Å². The Morgan fingerprint density at radius 1 is 1.89 bits per heavy atom. The largest absolute Gasteiger partial charge is 0.476 e. The molecule has 5 N–H and O–H groups in total. The molecule has 1 atom stereocenters. The lowest BCUT2D eigenvalue weighted by molar-refractivity contribution is -0.164. The lowest BCUT2D eigenvalue weighted by atomic mass is 10.5. The van der Waals surface area contributed by atoms with E-state index in [0.717, 1.165) is 0 Å². The topological polar surface area (TPSA) is 111 Å². The van der Waals surface area contributed by atoms with Crippen LogP contribution in [0.1, 0.15) is 0 Å². The Kier molecular flexibility index (Phi) is 2.26. The molecule has 0 saturated heterocycles. The zero-order valence-corrected chi connectivity index (χ0v) is 4.57. The molecule has 0 aromatic rings. The second kappa shape index (κ2) is 2.53.